The first-order valence-corrected chi connectivity index (χ1v) is 7.45. The summed E-state index contributed by atoms with van der Waals surface area (Å²) in [5, 5.41) is 3.88. The molecule has 3 aliphatic rings. The number of nitrogens with zero attached hydrogens (tertiary/aromatic N) is 1. The van der Waals surface area contributed by atoms with Gasteiger partial charge in [-0.15, -0.1) is 0 Å². The Labute approximate surface area is 105 Å². The van der Waals surface area contributed by atoms with Gasteiger partial charge in [-0.1, -0.05) is 31.4 Å². The number of rotatable bonds is 1. The molecule has 1 aliphatic heterocycles. The van der Waals surface area contributed by atoms with Gasteiger partial charge >= 0.3 is 0 Å². The molecular formula is C15H26N2. The Kier molecular flexibility index (Phi) is 3.27. The molecule has 2 aliphatic carbocycles. The summed E-state index contributed by atoms with van der Waals surface area (Å²) in [4.78, 5) is 2.79. The first-order chi connectivity index (χ1) is 8.29. The van der Waals surface area contributed by atoms with Gasteiger partial charge in [-0.05, 0) is 32.6 Å². The van der Waals surface area contributed by atoms with E-state index < -0.39 is 0 Å². The van der Waals surface area contributed by atoms with Gasteiger partial charge in [0, 0.05) is 30.7 Å². The van der Waals surface area contributed by atoms with Crippen LogP contribution in [0.15, 0.2) is 12.2 Å². The third-order valence-corrected chi connectivity index (χ3v) is 5.09. The normalized spacial score (nSPS) is 34.5. The van der Waals surface area contributed by atoms with Gasteiger partial charge in [0.05, 0.1) is 0 Å². The first-order valence-electron chi connectivity index (χ1n) is 7.45. The van der Waals surface area contributed by atoms with Crippen molar-refractivity contribution in [2.24, 2.45) is 0 Å². The zero-order valence-corrected chi connectivity index (χ0v) is 11.1. The highest BCUT2D eigenvalue weighted by atomic mass is 15.3. The molecule has 96 valence electrons. The zero-order valence-electron chi connectivity index (χ0n) is 11.1. The molecule has 17 heavy (non-hydrogen) atoms. The van der Waals surface area contributed by atoms with E-state index in [1.54, 1.807) is 0 Å². The molecule has 0 radical (unpaired) electrons. The van der Waals surface area contributed by atoms with Crippen LogP contribution < -0.4 is 5.32 Å². The van der Waals surface area contributed by atoms with Gasteiger partial charge in [0.25, 0.3) is 0 Å². The fraction of sp³-hybridized carbons (Fsp3) is 0.867. The van der Waals surface area contributed by atoms with Gasteiger partial charge in [0.2, 0.25) is 0 Å². The lowest BCUT2D eigenvalue weighted by Gasteiger charge is -2.51. The Morgan fingerprint density at radius 3 is 2.53 bits per heavy atom. The van der Waals surface area contributed by atoms with E-state index in [0.29, 0.717) is 11.6 Å². The van der Waals surface area contributed by atoms with Gasteiger partial charge in [-0.2, -0.15) is 0 Å². The molecule has 0 bridgehead atoms. The molecule has 1 N–H and O–H groups in total. The van der Waals surface area contributed by atoms with E-state index in [1.165, 1.54) is 58.0 Å². The fourth-order valence-electron chi connectivity index (χ4n) is 3.97. The molecule has 0 aromatic carbocycles. The second kappa shape index (κ2) is 4.74. The Morgan fingerprint density at radius 2 is 1.82 bits per heavy atom. The molecule has 1 atom stereocenters. The van der Waals surface area contributed by atoms with Crippen LogP contribution >= 0.6 is 0 Å². The summed E-state index contributed by atoms with van der Waals surface area (Å²) in [6, 6.07) is 1.51. The van der Waals surface area contributed by atoms with Crippen LogP contribution in [0.2, 0.25) is 0 Å². The minimum absolute atomic E-state index is 0.466. The number of hydrogen-bond acceptors (Lipinski definition) is 2. The Morgan fingerprint density at radius 1 is 1.12 bits per heavy atom. The van der Waals surface area contributed by atoms with Crippen LogP contribution in [-0.2, 0) is 0 Å². The molecule has 1 unspecified atom stereocenters. The molecule has 1 saturated carbocycles. The van der Waals surface area contributed by atoms with Gasteiger partial charge in [0.15, 0.2) is 0 Å². The van der Waals surface area contributed by atoms with Gasteiger partial charge in [-0.25, -0.2) is 0 Å². The summed E-state index contributed by atoms with van der Waals surface area (Å²) in [5.41, 5.74) is 0.466. The van der Waals surface area contributed by atoms with Crippen molar-refractivity contribution in [2.75, 3.05) is 13.1 Å². The maximum Gasteiger partial charge on any atom is 0.0309 e. The highest BCUT2D eigenvalue weighted by Crippen LogP contribution is 2.34. The monoisotopic (exact) mass is 234 g/mol. The second-order valence-corrected chi connectivity index (χ2v) is 6.34. The van der Waals surface area contributed by atoms with Crippen LogP contribution in [-0.4, -0.2) is 35.6 Å². The molecule has 3 rings (SSSR count). The summed E-state index contributed by atoms with van der Waals surface area (Å²) >= 11 is 0. The second-order valence-electron chi connectivity index (χ2n) is 6.34. The van der Waals surface area contributed by atoms with Crippen molar-refractivity contribution in [3.63, 3.8) is 0 Å². The lowest BCUT2D eigenvalue weighted by molar-refractivity contribution is 0.0344. The minimum atomic E-state index is 0.466. The predicted molar refractivity (Wildman–Crippen MR) is 72.1 cm³/mol. The molecule has 1 heterocycles. The zero-order chi connectivity index (χ0) is 11.7. The lowest BCUT2D eigenvalue weighted by atomic mass is 9.79. The van der Waals surface area contributed by atoms with E-state index in [2.05, 4.69) is 29.3 Å². The molecule has 1 saturated heterocycles. The standard InChI is InChI=1S/C15H26N2/c1-13-11-16-15(9-5-2-6-10-15)12-17(13)14-7-3-4-8-14/h3-4,13-14,16H,2,5-12H2,1H3. The van der Waals surface area contributed by atoms with E-state index in [0.717, 1.165) is 6.04 Å². The summed E-state index contributed by atoms with van der Waals surface area (Å²) in [7, 11) is 0. The number of piperazine rings is 1. The van der Waals surface area contributed by atoms with E-state index in [1.807, 2.05) is 0 Å². The van der Waals surface area contributed by atoms with Crippen LogP contribution in [0.5, 0.6) is 0 Å². The first kappa shape index (κ1) is 11.7. The lowest BCUT2D eigenvalue weighted by Crippen LogP contribution is -2.65. The maximum atomic E-state index is 3.88. The molecular weight excluding hydrogens is 208 g/mol. The fourth-order valence-corrected chi connectivity index (χ4v) is 3.97. The van der Waals surface area contributed by atoms with Gasteiger partial charge in [-0.3, -0.25) is 4.90 Å². The largest absolute Gasteiger partial charge is 0.308 e. The average Bonchev–Trinajstić information content (AvgIpc) is 2.88. The van der Waals surface area contributed by atoms with Crippen molar-refractivity contribution in [2.45, 2.75) is 69.5 Å². The summed E-state index contributed by atoms with van der Waals surface area (Å²) in [6.07, 6.45) is 14.4. The topological polar surface area (TPSA) is 15.3 Å². The maximum absolute atomic E-state index is 3.88. The van der Waals surface area contributed by atoms with Gasteiger partial charge < -0.3 is 5.32 Å². The van der Waals surface area contributed by atoms with Crippen LogP contribution in [0.1, 0.15) is 51.9 Å². The number of nitrogens with one attached hydrogen (secondary N) is 1. The number of hydrogen-bond donors (Lipinski definition) is 1. The molecule has 2 heteroatoms. The highest BCUT2D eigenvalue weighted by molar-refractivity contribution is 5.05. The van der Waals surface area contributed by atoms with Crippen LogP contribution in [0, 0.1) is 0 Å². The minimum Gasteiger partial charge on any atom is -0.308 e. The van der Waals surface area contributed by atoms with Crippen molar-refractivity contribution in [3.05, 3.63) is 12.2 Å². The molecule has 0 aromatic heterocycles. The molecule has 0 aromatic rings. The highest BCUT2D eigenvalue weighted by Gasteiger charge is 2.40. The van der Waals surface area contributed by atoms with Crippen LogP contribution in [0.25, 0.3) is 0 Å². The summed E-state index contributed by atoms with van der Waals surface area (Å²) < 4.78 is 0. The molecule has 1 spiro atoms. The van der Waals surface area contributed by atoms with E-state index in [9.17, 15) is 0 Å². The van der Waals surface area contributed by atoms with Crippen molar-refractivity contribution in [3.8, 4) is 0 Å². The van der Waals surface area contributed by atoms with Crippen molar-refractivity contribution in [1.29, 1.82) is 0 Å². The Hall–Kier alpha value is -0.340. The third kappa shape index (κ3) is 2.30. The predicted octanol–water partition coefficient (Wildman–Crippen LogP) is 2.70. The smallest absolute Gasteiger partial charge is 0.0309 e. The van der Waals surface area contributed by atoms with E-state index in [-0.39, 0.29) is 0 Å². The SMILES string of the molecule is CC1CNC2(CCCCC2)CN1C1CC=CC1. The van der Waals surface area contributed by atoms with E-state index in [4.69, 9.17) is 0 Å². The van der Waals surface area contributed by atoms with Crippen molar-refractivity contribution < 1.29 is 0 Å². The Bertz CT molecular complexity index is 283. The Balaban J connectivity index is 1.69. The average molecular weight is 234 g/mol. The molecule has 2 nitrogen and oxygen atoms in total. The molecule has 0 amide bonds. The van der Waals surface area contributed by atoms with E-state index >= 15 is 0 Å². The van der Waals surface area contributed by atoms with Gasteiger partial charge in [0.1, 0.15) is 0 Å². The third-order valence-electron chi connectivity index (χ3n) is 5.09. The van der Waals surface area contributed by atoms with Crippen molar-refractivity contribution >= 4 is 0 Å². The summed E-state index contributed by atoms with van der Waals surface area (Å²) in [5.74, 6) is 0. The van der Waals surface area contributed by atoms with Crippen LogP contribution in [0.4, 0.5) is 0 Å². The van der Waals surface area contributed by atoms with Crippen molar-refractivity contribution in [1.82, 2.24) is 10.2 Å². The summed E-state index contributed by atoms with van der Waals surface area (Å²) in [6.45, 7) is 4.87. The quantitative estimate of drug-likeness (QED) is 0.702. The molecule has 2 fully saturated rings. The van der Waals surface area contributed by atoms with Crippen LogP contribution in [0.3, 0.4) is 0 Å².